The van der Waals surface area contributed by atoms with Crippen LogP contribution in [0, 0.1) is 6.92 Å². The Morgan fingerprint density at radius 2 is 2.08 bits per heavy atom. The average molecular weight is 275 g/mol. The molecule has 1 aromatic rings. The fourth-order valence-electron chi connectivity index (χ4n) is 0.783. The second-order valence-corrected chi connectivity index (χ2v) is 4.25. The van der Waals surface area contributed by atoms with Crippen molar-refractivity contribution in [2.24, 2.45) is 0 Å². The minimum atomic E-state index is -4.60. The number of thiophene rings is 1. The third-order valence-electron chi connectivity index (χ3n) is 1.48. The van der Waals surface area contributed by atoms with Gasteiger partial charge in [-0.2, -0.15) is 13.2 Å². The maximum absolute atomic E-state index is 12.1. The maximum atomic E-state index is 12.1. The molecule has 0 aliphatic rings. The van der Waals surface area contributed by atoms with Crippen molar-refractivity contribution in [1.29, 1.82) is 0 Å². The number of hydrogen-bond acceptors (Lipinski definition) is 2. The van der Waals surface area contributed by atoms with Crippen LogP contribution in [0.25, 0.3) is 0 Å². The van der Waals surface area contributed by atoms with Crippen molar-refractivity contribution in [3.8, 4) is 0 Å². The molecule has 0 bridgehead atoms. The van der Waals surface area contributed by atoms with Gasteiger partial charge in [-0.25, -0.2) is 0 Å². The van der Waals surface area contributed by atoms with E-state index in [1.807, 2.05) is 0 Å². The van der Waals surface area contributed by atoms with Gasteiger partial charge in [-0.1, -0.05) is 0 Å². The van der Waals surface area contributed by atoms with E-state index in [9.17, 15) is 13.2 Å². The van der Waals surface area contributed by atoms with E-state index < -0.39 is 12.3 Å². The normalized spacial score (nSPS) is 14.6. The predicted octanol–water partition coefficient (Wildman–Crippen LogP) is 3.41. The molecule has 0 spiro atoms. The number of aliphatic hydroxyl groups excluding tert-OH is 1. The van der Waals surface area contributed by atoms with E-state index in [2.05, 4.69) is 15.9 Å². The highest BCUT2D eigenvalue weighted by atomic mass is 79.9. The zero-order valence-electron chi connectivity index (χ0n) is 6.52. The molecule has 0 fully saturated rings. The summed E-state index contributed by atoms with van der Waals surface area (Å²) in [5, 5.41) is 10.5. The van der Waals surface area contributed by atoms with Crippen LogP contribution in [0.1, 0.15) is 16.5 Å². The summed E-state index contributed by atoms with van der Waals surface area (Å²) >= 11 is 3.89. The first-order valence-corrected chi connectivity index (χ1v) is 4.99. The lowest BCUT2D eigenvalue weighted by molar-refractivity contribution is -0.205. The molecule has 1 aromatic heterocycles. The third-order valence-corrected chi connectivity index (χ3v) is 3.95. The summed E-state index contributed by atoms with van der Waals surface area (Å²) in [4.78, 5) is -0.0926. The smallest absolute Gasteiger partial charge is 0.379 e. The lowest BCUT2D eigenvalue weighted by atomic mass is 10.2. The molecule has 1 heterocycles. The molecule has 0 aliphatic heterocycles. The number of halogens is 4. The number of rotatable bonds is 1. The Balaban J connectivity index is 3.02. The van der Waals surface area contributed by atoms with Gasteiger partial charge in [0.25, 0.3) is 0 Å². The van der Waals surface area contributed by atoms with Crippen LogP contribution >= 0.6 is 27.3 Å². The van der Waals surface area contributed by atoms with Gasteiger partial charge in [-0.15, -0.1) is 11.3 Å². The van der Waals surface area contributed by atoms with Gasteiger partial charge in [-0.05, 0) is 33.8 Å². The number of alkyl halides is 3. The van der Waals surface area contributed by atoms with Crippen LogP contribution in [0.4, 0.5) is 13.2 Å². The average Bonchev–Trinajstić information content (AvgIpc) is 2.30. The van der Waals surface area contributed by atoms with E-state index in [4.69, 9.17) is 5.11 Å². The molecule has 0 aromatic carbocycles. The van der Waals surface area contributed by atoms with Crippen molar-refractivity contribution in [3.05, 3.63) is 20.3 Å². The van der Waals surface area contributed by atoms with E-state index in [0.29, 0.717) is 10.0 Å². The summed E-state index contributed by atoms with van der Waals surface area (Å²) in [5.74, 6) is 0. The minimum Gasteiger partial charge on any atom is -0.379 e. The van der Waals surface area contributed by atoms with E-state index in [-0.39, 0.29) is 4.88 Å². The van der Waals surface area contributed by atoms with Crippen molar-refractivity contribution >= 4 is 27.3 Å². The molecule has 1 atom stereocenters. The first-order valence-electron chi connectivity index (χ1n) is 3.32. The van der Waals surface area contributed by atoms with Crippen molar-refractivity contribution in [3.63, 3.8) is 0 Å². The zero-order chi connectivity index (χ0) is 10.2. The van der Waals surface area contributed by atoms with Crippen LogP contribution in [0.2, 0.25) is 0 Å². The third kappa shape index (κ3) is 2.24. The van der Waals surface area contributed by atoms with E-state index in [1.54, 1.807) is 12.3 Å². The van der Waals surface area contributed by atoms with Gasteiger partial charge in [-0.3, -0.25) is 0 Å². The topological polar surface area (TPSA) is 20.2 Å². The molecule has 6 heteroatoms. The van der Waals surface area contributed by atoms with E-state index in [1.165, 1.54) is 0 Å². The van der Waals surface area contributed by atoms with Crippen molar-refractivity contribution < 1.29 is 18.3 Å². The molecule has 0 amide bonds. The number of aliphatic hydroxyl groups is 1. The largest absolute Gasteiger partial charge is 0.419 e. The van der Waals surface area contributed by atoms with Crippen LogP contribution in [0.3, 0.4) is 0 Å². The molecular weight excluding hydrogens is 269 g/mol. The molecule has 1 nitrogen and oxygen atoms in total. The van der Waals surface area contributed by atoms with Gasteiger partial charge < -0.3 is 5.11 Å². The first-order chi connectivity index (χ1) is 5.84. The van der Waals surface area contributed by atoms with Crippen LogP contribution in [0.5, 0.6) is 0 Å². The number of aryl methyl sites for hydroxylation is 1. The summed E-state index contributed by atoms with van der Waals surface area (Å²) in [6.07, 6.45) is -6.99. The molecule has 0 saturated carbocycles. The zero-order valence-corrected chi connectivity index (χ0v) is 8.92. The molecule has 1 rings (SSSR count). The summed E-state index contributed by atoms with van der Waals surface area (Å²) in [5.41, 5.74) is 0.698. The Kier molecular flexibility index (Phi) is 3.04. The molecular formula is C7H6BrF3OS. The second-order valence-electron chi connectivity index (χ2n) is 2.54. The van der Waals surface area contributed by atoms with Crippen LogP contribution < -0.4 is 0 Å². The Morgan fingerprint density at radius 1 is 1.54 bits per heavy atom. The van der Waals surface area contributed by atoms with Gasteiger partial charge in [0.1, 0.15) is 0 Å². The predicted molar refractivity (Wildman–Crippen MR) is 47.8 cm³/mol. The molecule has 1 N–H and O–H groups in total. The monoisotopic (exact) mass is 274 g/mol. The van der Waals surface area contributed by atoms with Gasteiger partial charge in [0.2, 0.25) is 0 Å². The van der Waals surface area contributed by atoms with Crippen molar-refractivity contribution in [2.75, 3.05) is 0 Å². The van der Waals surface area contributed by atoms with Gasteiger partial charge >= 0.3 is 6.18 Å². The molecule has 74 valence electrons. The summed E-state index contributed by atoms with van der Waals surface area (Å²) in [6, 6.07) is 0. The number of hydrogen-bond donors (Lipinski definition) is 1. The quantitative estimate of drug-likeness (QED) is 0.832. The summed E-state index contributed by atoms with van der Waals surface area (Å²) < 4.78 is 36.5. The lowest BCUT2D eigenvalue weighted by Crippen LogP contribution is -2.19. The standard InChI is InChI=1S/C7H6BrF3OS/c1-3-2-13-5(4(3)8)6(12)7(9,10)11/h2,6,12H,1H3/t6-/m1/s1. The SMILES string of the molecule is Cc1csc([C@@H](O)C(F)(F)F)c1Br. The lowest BCUT2D eigenvalue weighted by Gasteiger charge is -2.13. The molecule has 0 radical (unpaired) electrons. The van der Waals surface area contributed by atoms with Crippen LogP contribution in [-0.2, 0) is 0 Å². The van der Waals surface area contributed by atoms with E-state index >= 15 is 0 Å². The molecule has 0 aliphatic carbocycles. The van der Waals surface area contributed by atoms with Crippen molar-refractivity contribution in [2.45, 2.75) is 19.2 Å². The van der Waals surface area contributed by atoms with Gasteiger partial charge in [0.05, 0.1) is 4.88 Å². The Morgan fingerprint density at radius 3 is 2.38 bits per heavy atom. The van der Waals surface area contributed by atoms with Crippen molar-refractivity contribution in [1.82, 2.24) is 0 Å². The minimum absolute atomic E-state index is 0.0926. The Bertz CT molecular complexity index is 307. The fourth-order valence-corrected chi connectivity index (χ4v) is 2.49. The van der Waals surface area contributed by atoms with Gasteiger partial charge in [0, 0.05) is 4.47 Å². The Hall–Kier alpha value is -0.0700. The summed E-state index contributed by atoms with van der Waals surface area (Å²) in [7, 11) is 0. The Labute approximate surface area is 85.3 Å². The maximum Gasteiger partial charge on any atom is 0.419 e. The molecule has 0 saturated heterocycles. The second kappa shape index (κ2) is 3.59. The van der Waals surface area contributed by atoms with Crippen LogP contribution in [-0.4, -0.2) is 11.3 Å². The fraction of sp³-hybridized carbons (Fsp3) is 0.429. The highest BCUT2D eigenvalue weighted by Crippen LogP contribution is 2.40. The summed E-state index contributed by atoms with van der Waals surface area (Å²) in [6.45, 7) is 1.67. The molecule has 0 unspecified atom stereocenters. The highest BCUT2D eigenvalue weighted by Gasteiger charge is 2.41. The van der Waals surface area contributed by atoms with Crippen LogP contribution in [0.15, 0.2) is 9.85 Å². The first kappa shape index (κ1) is 11.0. The van der Waals surface area contributed by atoms with Gasteiger partial charge in [0.15, 0.2) is 6.10 Å². The van der Waals surface area contributed by atoms with E-state index in [0.717, 1.165) is 11.3 Å². The highest BCUT2D eigenvalue weighted by molar-refractivity contribution is 9.10. The molecule has 13 heavy (non-hydrogen) atoms.